The number of carboxylic acids is 1. The van der Waals surface area contributed by atoms with Crippen molar-refractivity contribution in [3.8, 4) is 0 Å². The Hall–Kier alpha value is -4.57. The Kier molecular flexibility index (Phi) is 52.3. The molecule has 0 radical (unpaired) electrons. The highest BCUT2D eigenvalue weighted by Crippen LogP contribution is 2.14. The first-order chi connectivity index (χ1) is 36.6. The predicted molar refractivity (Wildman–Crippen MR) is 315 cm³/mol. The van der Waals surface area contributed by atoms with Crippen LogP contribution in [0.5, 0.6) is 0 Å². The number of quaternary nitrogens is 1. The van der Waals surface area contributed by atoms with Crippen molar-refractivity contribution in [2.24, 2.45) is 0 Å². The second-order valence-electron chi connectivity index (χ2n) is 20.2. The highest BCUT2D eigenvalue weighted by atomic mass is 16.7. The van der Waals surface area contributed by atoms with Crippen molar-refractivity contribution in [3.63, 3.8) is 0 Å². The van der Waals surface area contributed by atoms with Crippen LogP contribution in [-0.4, -0.2) is 82.3 Å². The van der Waals surface area contributed by atoms with Crippen LogP contribution in [0.15, 0.2) is 134 Å². The number of rotatable bonds is 52. The summed E-state index contributed by atoms with van der Waals surface area (Å²) in [7, 11) is 5.90. The molecule has 0 heterocycles. The minimum atomic E-state index is -1.64. The van der Waals surface area contributed by atoms with E-state index in [-0.39, 0.29) is 38.6 Å². The van der Waals surface area contributed by atoms with E-state index in [1.807, 2.05) is 21.1 Å². The number of carboxylic acid groups (broad SMARTS) is 1. The largest absolute Gasteiger partial charge is 0.545 e. The second kappa shape index (κ2) is 55.7. The molecule has 0 aromatic carbocycles. The van der Waals surface area contributed by atoms with Gasteiger partial charge in [0.2, 0.25) is 0 Å². The summed E-state index contributed by atoms with van der Waals surface area (Å²) >= 11 is 0. The van der Waals surface area contributed by atoms with E-state index in [1.165, 1.54) is 32.1 Å². The molecule has 9 heteroatoms. The third-order valence-electron chi connectivity index (χ3n) is 11.9. The summed E-state index contributed by atoms with van der Waals surface area (Å²) in [6.07, 6.45) is 76.4. The number of carbonyl (C=O) groups is 3. The third-order valence-corrected chi connectivity index (χ3v) is 11.9. The van der Waals surface area contributed by atoms with Gasteiger partial charge in [-0.15, -0.1) is 0 Å². The molecule has 2 unspecified atom stereocenters. The highest BCUT2D eigenvalue weighted by Gasteiger charge is 2.22. The first-order valence-corrected chi connectivity index (χ1v) is 29.3. The fourth-order valence-corrected chi connectivity index (χ4v) is 7.45. The van der Waals surface area contributed by atoms with Crippen molar-refractivity contribution in [1.29, 1.82) is 0 Å². The maximum atomic E-state index is 12.9. The van der Waals surface area contributed by atoms with Gasteiger partial charge in [0.15, 0.2) is 12.4 Å². The summed E-state index contributed by atoms with van der Waals surface area (Å²) in [4.78, 5) is 37.3. The molecule has 424 valence electrons. The molecule has 0 saturated heterocycles. The summed E-state index contributed by atoms with van der Waals surface area (Å²) in [6, 6.07) is 0. The number of aliphatic carboxylic acids is 1. The maximum Gasteiger partial charge on any atom is 0.306 e. The highest BCUT2D eigenvalue weighted by molar-refractivity contribution is 5.70. The minimum absolute atomic E-state index is 0.136. The van der Waals surface area contributed by atoms with Crippen LogP contribution in [0.4, 0.5) is 0 Å². The normalized spacial score (nSPS) is 13.8. The number of nitrogens with zero attached hydrogens (tertiary/aromatic N) is 1. The standard InChI is InChI=1S/C66H107NO8/c1-6-8-10-12-14-16-18-20-22-24-26-27-28-29-30-31-32-33-34-35-36-37-39-41-43-45-47-49-51-53-55-57-64(69)75-62(61-74-66(65(70)71)72-59-58-67(3,4)5)60-73-63(68)56-54-52-50-48-46-44-42-40-38-25-23-21-19-17-15-13-11-9-7-2/h8-11,14-17,20-23,26-27,29-30,32-33,35-36,38,40,62,66H,6-7,12-13,18-19,24-25,28,31,34,37,39,41-61H2,1-5H3/b10-8-,11-9-,16-14-,17-15-,22-20-,23-21-,27-26-,30-29-,33-32-,36-35-,40-38-. The van der Waals surface area contributed by atoms with E-state index in [0.29, 0.717) is 23.9 Å². The number of ether oxygens (including phenoxy) is 4. The van der Waals surface area contributed by atoms with Crippen molar-refractivity contribution in [2.75, 3.05) is 47.5 Å². The van der Waals surface area contributed by atoms with Crippen LogP contribution < -0.4 is 5.11 Å². The van der Waals surface area contributed by atoms with Crippen LogP contribution in [-0.2, 0) is 33.3 Å². The fraction of sp³-hybridized carbons (Fsp3) is 0.621. The summed E-state index contributed by atoms with van der Waals surface area (Å²) in [6.45, 7) is 4.48. The predicted octanol–water partition coefficient (Wildman–Crippen LogP) is 16.1. The van der Waals surface area contributed by atoms with Crippen LogP contribution in [0.25, 0.3) is 0 Å². The van der Waals surface area contributed by atoms with Gasteiger partial charge < -0.3 is 33.3 Å². The molecule has 0 bridgehead atoms. The van der Waals surface area contributed by atoms with Crippen LogP contribution in [0.1, 0.15) is 206 Å². The molecular formula is C66H107NO8. The van der Waals surface area contributed by atoms with Gasteiger partial charge in [-0.05, 0) is 109 Å². The van der Waals surface area contributed by atoms with Gasteiger partial charge in [-0.3, -0.25) is 9.59 Å². The Morgan fingerprint density at radius 3 is 1.07 bits per heavy atom. The first-order valence-electron chi connectivity index (χ1n) is 29.3. The lowest BCUT2D eigenvalue weighted by molar-refractivity contribution is -0.870. The molecule has 75 heavy (non-hydrogen) atoms. The van der Waals surface area contributed by atoms with Crippen molar-refractivity contribution >= 4 is 17.9 Å². The number of hydrogen-bond donors (Lipinski definition) is 0. The average Bonchev–Trinajstić information content (AvgIpc) is 3.38. The molecule has 0 rings (SSSR count). The number of carbonyl (C=O) groups excluding carboxylic acids is 3. The Balaban J connectivity index is 4.29. The van der Waals surface area contributed by atoms with Gasteiger partial charge in [0.05, 0.1) is 40.3 Å². The monoisotopic (exact) mass is 1040 g/mol. The molecule has 0 saturated carbocycles. The molecule has 0 spiro atoms. The molecule has 0 aliphatic carbocycles. The van der Waals surface area contributed by atoms with Crippen LogP contribution >= 0.6 is 0 Å². The van der Waals surface area contributed by atoms with Gasteiger partial charge in [-0.25, -0.2) is 0 Å². The number of unbranched alkanes of at least 4 members (excludes halogenated alkanes) is 15. The zero-order chi connectivity index (χ0) is 54.8. The SMILES string of the molecule is CC/C=C\C/C=C\C/C=C\C/C=C\C/C=C\C/C=C\C/C=C\CCCCCCCCCCCC(=O)OC(COC(=O)CCCCCCCC/C=C\C/C=C\C/C=C\C/C=C\CC)COC(OCC[N+](C)(C)C)C(=O)[O-]. The van der Waals surface area contributed by atoms with E-state index in [0.717, 1.165) is 135 Å². The van der Waals surface area contributed by atoms with E-state index in [9.17, 15) is 19.5 Å². The Labute approximate surface area is 459 Å². The Bertz CT molecular complexity index is 1690. The summed E-state index contributed by atoms with van der Waals surface area (Å²) in [5, 5.41) is 11.8. The fourth-order valence-electron chi connectivity index (χ4n) is 7.45. The zero-order valence-electron chi connectivity index (χ0n) is 48.1. The molecule has 0 amide bonds. The summed E-state index contributed by atoms with van der Waals surface area (Å²) in [5.74, 6) is -2.33. The molecular weight excluding hydrogens is 935 g/mol. The third kappa shape index (κ3) is 57.0. The van der Waals surface area contributed by atoms with E-state index >= 15 is 0 Å². The van der Waals surface area contributed by atoms with Crippen LogP contribution in [0, 0.1) is 0 Å². The first kappa shape index (κ1) is 70.4. The van der Waals surface area contributed by atoms with Crippen LogP contribution in [0.3, 0.4) is 0 Å². The number of likely N-dealkylation sites (N-methyl/N-ethyl adjacent to an activating group) is 1. The number of esters is 2. The summed E-state index contributed by atoms with van der Waals surface area (Å²) < 4.78 is 22.7. The quantitative estimate of drug-likeness (QED) is 0.0195. The van der Waals surface area contributed by atoms with Crippen molar-refractivity contribution in [1.82, 2.24) is 0 Å². The molecule has 2 atom stereocenters. The minimum Gasteiger partial charge on any atom is -0.545 e. The molecule has 0 fully saturated rings. The summed E-state index contributed by atoms with van der Waals surface area (Å²) in [5.41, 5.74) is 0. The Morgan fingerprint density at radius 1 is 0.400 bits per heavy atom. The lowest BCUT2D eigenvalue weighted by Crippen LogP contribution is -2.44. The van der Waals surface area contributed by atoms with E-state index in [4.69, 9.17) is 18.9 Å². The van der Waals surface area contributed by atoms with Gasteiger partial charge in [0.25, 0.3) is 0 Å². The van der Waals surface area contributed by atoms with Gasteiger partial charge in [0.1, 0.15) is 13.2 Å². The van der Waals surface area contributed by atoms with E-state index < -0.39 is 24.3 Å². The van der Waals surface area contributed by atoms with Crippen molar-refractivity contribution in [3.05, 3.63) is 134 Å². The molecule has 0 aromatic rings. The Morgan fingerprint density at radius 2 is 0.720 bits per heavy atom. The molecule has 0 aromatic heterocycles. The topological polar surface area (TPSA) is 111 Å². The second-order valence-corrected chi connectivity index (χ2v) is 20.2. The van der Waals surface area contributed by atoms with Gasteiger partial charge in [-0.2, -0.15) is 0 Å². The smallest absolute Gasteiger partial charge is 0.306 e. The van der Waals surface area contributed by atoms with Gasteiger partial charge in [0, 0.05) is 12.8 Å². The molecule has 0 aliphatic rings. The van der Waals surface area contributed by atoms with Crippen molar-refractivity contribution in [2.45, 2.75) is 219 Å². The van der Waals surface area contributed by atoms with Crippen LogP contribution in [0.2, 0.25) is 0 Å². The number of hydrogen-bond acceptors (Lipinski definition) is 8. The van der Waals surface area contributed by atoms with Crippen molar-refractivity contribution < 1.29 is 42.9 Å². The lowest BCUT2D eigenvalue weighted by atomic mass is 10.1. The van der Waals surface area contributed by atoms with E-state index in [1.54, 1.807) is 0 Å². The molecule has 9 nitrogen and oxygen atoms in total. The van der Waals surface area contributed by atoms with Gasteiger partial charge >= 0.3 is 11.9 Å². The molecule has 0 N–H and O–H groups in total. The average molecular weight is 1040 g/mol. The maximum absolute atomic E-state index is 12.9. The zero-order valence-corrected chi connectivity index (χ0v) is 48.1. The number of allylic oxidation sites excluding steroid dienone is 22. The van der Waals surface area contributed by atoms with Gasteiger partial charge in [-0.1, -0.05) is 218 Å². The molecule has 0 aliphatic heterocycles. The van der Waals surface area contributed by atoms with E-state index in [2.05, 4.69) is 148 Å². The lowest BCUT2D eigenvalue weighted by Gasteiger charge is -2.26.